The summed E-state index contributed by atoms with van der Waals surface area (Å²) in [7, 11) is 0. The second-order valence-corrected chi connectivity index (χ2v) is 5.40. The molecule has 2 aromatic rings. The largest absolute Gasteiger partial charge is 0.378 e. The van der Waals surface area contributed by atoms with Gasteiger partial charge in [-0.25, -0.2) is 4.98 Å². The second-order valence-electron chi connectivity index (χ2n) is 5.40. The molecule has 0 N–H and O–H groups in total. The maximum atomic E-state index is 5.95. The molecule has 4 rings (SSSR count). The minimum absolute atomic E-state index is 0.194. The van der Waals surface area contributed by atoms with Crippen molar-refractivity contribution in [3.8, 4) is 0 Å². The third-order valence-electron chi connectivity index (χ3n) is 4.04. The van der Waals surface area contributed by atoms with E-state index < -0.39 is 0 Å². The maximum Gasteiger partial charge on any atom is 0.263 e. The summed E-state index contributed by atoms with van der Waals surface area (Å²) in [5, 5.41) is 4.87. The summed E-state index contributed by atoms with van der Waals surface area (Å²) < 4.78 is 16.7. The molecule has 2 aromatic heterocycles. The number of ether oxygens (including phenoxy) is 2. The average molecular weight is 276 g/mol. The Labute approximate surface area is 115 Å². The van der Waals surface area contributed by atoms with E-state index in [2.05, 4.69) is 20.0 Å². The van der Waals surface area contributed by atoms with Gasteiger partial charge in [0, 0.05) is 19.6 Å². The van der Waals surface area contributed by atoms with Gasteiger partial charge in [0.25, 0.3) is 5.71 Å². The van der Waals surface area contributed by atoms with Gasteiger partial charge >= 0.3 is 0 Å². The Morgan fingerprint density at radius 1 is 1.30 bits per heavy atom. The smallest absolute Gasteiger partial charge is 0.263 e. The Morgan fingerprint density at radius 3 is 3.10 bits per heavy atom. The lowest BCUT2D eigenvalue weighted by Gasteiger charge is -2.40. The number of aromatic nitrogens is 3. The van der Waals surface area contributed by atoms with Gasteiger partial charge in [0.2, 0.25) is 0 Å². The fraction of sp³-hybridized carbons (Fsp3) is 0.615. The molecule has 106 valence electrons. The fourth-order valence-electron chi connectivity index (χ4n) is 3.00. The molecule has 7 nitrogen and oxygen atoms in total. The lowest BCUT2D eigenvalue weighted by atomic mass is 10.0. The van der Waals surface area contributed by atoms with Gasteiger partial charge in [-0.05, 0) is 6.92 Å². The van der Waals surface area contributed by atoms with Crippen LogP contribution < -0.4 is 4.90 Å². The van der Waals surface area contributed by atoms with Gasteiger partial charge in [0.05, 0.1) is 25.5 Å². The lowest BCUT2D eigenvalue weighted by molar-refractivity contribution is -0.0580. The van der Waals surface area contributed by atoms with E-state index >= 15 is 0 Å². The summed E-state index contributed by atoms with van der Waals surface area (Å²) in [6.45, 7) is 5.59. The zero-order valence-corrected chi connectivity index (χ0v) is 11.3. The highest BCUT2D eigenvalue weighted by atomic mass is 16.6. The van der Waals surface area contributed by atoms with Crippen LogP contribution in [0.5, 0.6) is 0 Å². The average Bonchev–Trinajstić information content (AvgIpc) is 3.07. The van der Waals surface area contributed by atoms with Crippen molar-refractivity contribution >= 4 is 16.9 Å². The van der Waals surface area contributed by atoms with Crippen molar-refractivity contribution in [2.45, 2.75) is 18.9 Å². The molecule has 7 heteroatoms. The predicted octanol–water partition coefficient (Wildman–Crippen LogP) is 0.922. The van der Waals surface area contributed by atoms with E-state index in [1.807, 2.05) is 6.92 Å². The number of hydrogen-bond acceptors (Lipinski definition) is 7. The van der Waals surface area contributed by atoms with E-state index in [0.29, 0.717) is 18.9 Å². The van der Waals surface area contributed by atoms with Gasteiger partial charge in [-0.2, -0.15) is 4.98 Å². The van der Waals surface area contributed by atoms with Crippen LogP contribution in [0.3, 0.4) is 0 Å². The number of anilines is 1. The molecule has 1 spiro atoms. The first kappa shape index (κ1) is 12.0. The van der Waals surface area contributed by atoms with E-state index in [0.717, 1.165) is 43.0 Å². The number of rotatable bonds is 1. The van der Waals surface area contributed by atoms with Crippen molar-refractivity contribution in [2.75, 3.05) is 37.8 Å². The van der Waals surface area contributed by atoms with Crippen LogP contribution in [0, 0.1) is 6.92 Å². The van der Waals surface area contributed by atoms with Crippen LogP contribution in [0.25, 0.3) is 11.1 Å². The van der Waals surface area contributed by atoms with Crippen molar-refractivity contribution in [1.82, 2.24) is 15.1 Å². The number of aryl methyl sites for hydroxylation is 1. The van der Waals surface area contributed by atoms with E-state index in [1.54, 1.807) is 0 Å². The zero-order chi connectivity index (χ0) is 13.6. The molecular weight excluding hydrogens is 260 g/mol. The summed E-state index contributed by atoms with van der Waals surface area (Å²) in [5.41, 5.74) is 1.16. The highest BCUT2D eigenvalue weighted by molar-refractivity contribution is 5.87. The quantitative estimate of drug-likeness (QED) is 0.766. The monoisotopic (exact) mass is 276 g/mol. The van der Waals surface area contributed by atoms with E-state index in [4.69, 9.17) is 14.0 Å². The summed E-state index contributed by atoms with van der Waals surface area (Å²) in [6, 6.07) is 0. The minimum Gasteiger partial charge on any atom is -0.378 e. The molecule has 20 heavy (non-hydrogen) atoms. The molecule has 0 saturated carbocycles. The van der Waals surface area contributed by atoms with Crippen molar-refractivity contribution < 1.29 is 14.0 Å². The first-order chi connectivity index (χ1) is 9.77. The van der Waals surface area contributed by atoms with Gasteiger partial charge in [0.1, 0.15) is 23.1 Å². The first-order valence-electron chi connectivity index (χ1n) is 6.81. The molecule has 2 aliphatic heterocycles. The Balaban J connectivity index is 1.73. The number of fused-ring (bicyclic) bond motifs is 1. The molecule has 2 aliphatic rings. The van der Waals surface area contributed by atoms with Gasteiger partial charge in [0.15, 0.2) is 0 Å². The van der Waals surface area contributed by atoms with Crippen LogP contribution >= 0.6 is 0 Å². The lowest BCUT2D eigenvalue weighted by Crippen LogP contribution is -2.52. The molecule has 0 radical (unpaired) electrons. The molecule has 1 atom stereocenters. The summed E-state index contributed by atoms with van der Waals surface area (Å²) in [6.07, 6.45) is 2.45. The normalized spacial score (nSPS) is 26.8. The Morgan fingerprint density at radius 2 is 2.25 bits per heavy atom. The molecule has 2 saturated heterocycles. The standard InChI is InChI=1S/C13H16N4O3/c1-9-10-11(14-8-15-12(10)20-16-9)17-3-5-19-13(6-17)2-4-18-7-13/h8H,2-7H2,1H3. The van der Waals surface area contributed by atoms with Gasteiger partial charge in [-0.1, -0.05) is 5.16 Å². The van der Waals surface area contributed by atoms with Gasteiger partial charge < -0.3 is 18.9 Å². The molecule has 0 bridgehead atoms. The minimum atomic E-state index is -0.194. The summed E-state index contributed by atoms with van der Waals surface area (Å²) in [4.78, 5) is 10.8. The van der Waals surface area contributed by atoms with Crippen molar-refractivity contribution in [2.24, 2.45) is 0 Å². The maximum absolute atomic E-state index is 5.95. The molecule has 1 unspecified atom stereocenters. The van der Waals surface area contributed by atoms with Crippen LogP contribution in [0.2, 0.25) is 0 Å². The Hall–Kier alpha value is -1.73. The molecule has 0 amide bonds. The third kappa shape index (κ3) is 1.77. The molecule has 4 heterocycles. The zero-order valence-electron chi connectivity index (χ0n) is 11.3. The SMILES string of the molecule is Cc1noc2ncnc(N3CCOC4(CCOC4)C3)c12. The molecule has 2 fully saturated rings. The number of nitrogens with zero attached hydrogens (tertiary/aromatic N) is 4. The highest BCUT2D eigenvalue weighted by Crippen LogP contribution is 2.32. The van der Waals surface area contributed by atoms with Gasteiger partial charge in [-0.15, -0.1) is 0 Å². The van der Waals surface area contributed by atoms with Crippen molar-refractivity contribution in [3.63, 3.8) is 0 Å². The number of hydrogen-bond donors (Lipinski definition) is 0. The van der Waals surface area contributed by atoms with Crippen LogP contribution in [0.1, 0.15) is 12.1 Å². The third-order valence-corrected chi connectivity index (χ3v) is 4.04. The molecule has 0 aliphatic carbocycles. The van der Waals surface area contributed by atoms with Crippen LogP contribution in [-0.2, 0) is 9.47 Å². The van der Waals surface area contributed by atoms with Crippen molar-refractivity contribution in [3.05, 3.63) is 12.0 Å². The molecular formula is C13H16N4O3. The number of morpholine rings is 1. The topological polar surface area (TPSA) is 73.5 Å². The van der Waals surface area contributed by atoms with E-state index in [9.17, 15) is 0 Å². The Kier molecular flexibility index (Phi) is 2.64. The van der Waals surface area contributed by atoms with Crippen molar-refractivity contribution in [1.29, 1.82) is 0 Å². The first-order valence-corrected chi connectivity index (χ1v) is 6.81. The fourth-order valence-corrected chi connectivity index (χ4v) is 3.00. The van der Waals surface area contributed by atoms with E-state index in [-0.39, 0.29) is 5.60 Å². The van der Waals surface area contributed by atoms with Crippen LogP contribution in [-0.4, -0.2) is 53.6 Å². The molecule has 0 aromatic carbocycles. The van der Waals surface area contributed by atoms with Gasteiger partial charge in [-0.3, -0.25) is 0 Å². The van der Waals surface area contributed by atoms with Crippen LogP contribution in [0.15, 0.2) is 10.9 Å². The van der Waals surface area contributed by atoms with E-state index in [1.165, 1.54) is 6.33 Å². The summed E-state index contributed by atoms with van der Waals surface area (Å²) >= 11 is 0. The predicted molar refractivity (Wildman–Crippen MR) is 70.7 cm³/mol. The second kappa shape index (κ2) is 4.39. The Bertz CT molecular complexity index is 636. The van der Waals surface area contributed by atoms with Crippen LogP contribution in [0.4, 0.5) is 5.82 Å². The summed E-state index contributed by atoms with van der Waals surface area (Å²) in [5.74, 6) is 0.878. The highest BCUT2D eigenvalue weighted by Gasteiger charge is 2.41.